The van der Waals surface area contributed by atoms with Crippen LogP contribution < -0.4 is 5.32 Å². The van der Waals surface area contributed by atoms with Crippen LogP contribution in [0.2, 0.25) is 0 Å². The van der Waals surface area contributed by atoms with Crippen molar-refractivity contribution < 1.29 is 19.5 Å². The van der Waals surface area contributed by atoms with Crippen molar-refractivity contribution in [3.05, 3.63) is 0 Å². The lowest BCUT2D eigenvalue weighted by molar-refractivity contribution is -0.140. The van der Waals surface area contributed by atoms with Crippen molar-refractivity contribution >= 4 is 17.8 Å². The minimum atomic E-state index is -0.772. The Kier molecular flexibility index (Phi) is 6.40. The van der Waals surface area contributed by atoms with E-state index in [9.17, 15) is 14.4 Å². The number of carboxylic acids is 1. The summed E-state index contributed by atoms with van der Waals surface area (Å²) in [5, 5.41) is 12.3. The van der Waals surface area contributed by atoms with Crippen LogP contribution in [0.5, 0.6) is 0 Å². The molecule has 1 aliphatic heterocycles. The molecule has 1 heterocycles. The lowest BCUT2D eigenvalue weighted by atomic mass is 9.84. The second kappa shape index (κ2) is 8.59. The largest absolute Gasteiger partial charge is 0.480 e. The molecule has 2 amide bonds. The summed E-state index contributed by atoms with van der Waals surface area (Å²) in [7, 11) is 0. The van der Waals surface area contributed by atoms with Crippen LogP contribution in [0.4, 0.5) is 0 Å². The van der Waals surface area contributed by atoms with E-state index < -0.39 is 5.97 Å². The van der Waals surface area contributed by atoms with Crippen molar-refractivity contribution in [2.75, 3.05) is 26.2 Å². The summed E-state index contributed by atoms with van der Waals surface area (Å²) in [6, 6.07) is 0.436. The van der Waals surface area contributed by atoms with Gasteiger partial charge in [0.2, 0.25) is 11.8 Å². The number of likely N-dealkylation sites (tertiary alicyclic amines) is 1. The molecule has 0 spiro atoms. The molecule has 7 heteroatoms. The third-order valence-electron chi connectivity index (χ3n) is 6.18. The van der Waals surface area contributed by atoms with Gasteiger partial charge in [-0.3, -0.25) is 19.3 Å². The van der Waals surface area contributed by atoms with E-state index in [4.69, 9.17) is 5.11 Å². The first kappa shape index (κ1) is 20.1. The molecule has 0 unspecified atom stereocenters. The molecule has 1 saturated heterocycles. The molecule has 0 atom stereocenters. The molecular weight excluding hydrogens is 346 g/mol. The molecule has 0 bridgehead atoms. The van der Waals surface area contributed by atoms with Gasteiger partial charge in [-0.1, -0.05) is 13.8 Å². The van der Waals surface area contributed by atoms with Gasteiger partial charge < -0.3 is 15.3 Å². The van der Waals surface area contributed by atoms with Gasteiger partial charge in [-0.05, 0) is 44.4 Å². The first-order chi connectivity index (χ1) is 12.8. The highest BCUT2D eigenvalue weighted by Crippen LogP contribution is 2.34. The zero-order valence-electron chi connectivity index (χ0n) is 16.5. The standard InChI is InChI=1S/C20H33N3O4/c1-13(2)20(27)22-7-5-15(6-8-22)19(26)21-16-9-17(10-16)23(12-18(24)25)11-14-3-4-14/h13-17H,3-12H2,1-2H3,(H,21,26)(H,24,25). The van der Waals surface area contributed by atoms with Crippen LogP contribution >= 0.6 is 0 Å². The van der Waals surface area contributed by atoms with Gasteiger partial charge in [0.05, 0.1) is 6.54 Å². The fourth-order valence-electron chi connectivity index (χ4n) is 4.20. The van der Waals surface area contributed by atoms with Gasteiger partial charge in [-0.2, -0.15) is 0 Å². The predicted molar refractivity (Wildman–Crippen MR) is 101 cm³/mol. The molecule has 152 valence electrons. The van der Waals surface area contributed by atoms with Crippen LogP contribution in [0, 0.1) is 17.8 Å². The number of aliphatic carboxylic acids is 1. The van der Waals surface area contributed by atoms with Gasteiger partial charge >= 0.3 is 5.97 Å². The van der Waals surface area contributed by atoms with E-state index in [-0.39, 0.29) is 42.3 Å². The Morgan fingerprint density at radius 1 is 1.11 bits per heavy atom. The smallest absolute Gasteiger partial charge is 0.317 e. The Morgan fingerprint density at radius 3 is 2.26 bits per heavy atom. The summed E-state index contributed by atoms with van der Waals surface area (Å²) in [6.45, 7) is 6.12. The Morgan fingerprint density at radius 2 is 1.74 bits per heavy atom. The zero-order chi connectivity index (χ0) is 19.6. The molecule has 2 N–H and O–H groups in total. The van der Waals surface area contributed by atoms with Gasteiger partial charge in [0.1, 0.15) is 0 Å². The summed E-state index contributed by atoms with van der Waals surface area (Å²) in [4.78, 5) is 39.6. The van der Waals surface area contributed by atoms with Crippen molar-refractivity contribution in [1.82, 2.24) is 15.1 Å². The first-order valence-corrected chi connectivity index (χ1v) is 10.4. The van der Waals surface area contributed by atoms with Crippen LogP contribution in [0.15, 0.2) is 0 Å². The minimum Gasteiger partial charge on any atom is -0.480 e. The average molecular weight is 380 g/mol. The molecule has 0 aromatic heterocycles. The molecular formula is C20H33N3O4. The van der Waals surface area contributed by atoms with Crippen molar-refractivity contribution in [3.8, 4) is 0 Å². The highest BCUT2D eigenvalue weighted by Gasteiger charge is 2.38. The van der Waals surface area contributed by atoms with Crippen LogP contribution in [0.25, 0.3) is 0 Å². The second-order valence-corrected chi connectivity index (χ2v) is 8.85. The van der Waals surface area contributed by atoms with Gasteiger partial charge in [0.25, 0.3) is 0 Å². The predicted octanol–water partition coefficient (Wildman–Crippen LogP) is 1.32. The highest BCUT2D eigenvalue weighted by atomic mass is 16.4. The Labute approximate surface area is 161 Å². The summed E-state index contributed by atoms with van der Waals surface area (Å²) in [5.74, 6) is 0.156. The fourth-order valence-corrected chi connectivity index (χ4v) is 4.20. The quantitative estimate of drug-likeness (QED) is 0.664. The van der Waals surface area contributed by atoms with Crippen molar-refractivity contribution in [3.63, 3.8) is 0 Å². The third-order valence-corrected chi connectivity index (χ3v) is 6.18. The molecule has 0 radical (unpaired) electrons. The van der Waals surface area contributed by atoms with E-state index in [1.54, 1.807) is 0 Å². The van der Waals surface area contributed by atoms with Gasteiger partial charge in [-0.25, -0.2) is 0 Å². The van der Waals surface area contributed by atoms with Crippen LogP contribution in [-0.4, -0.2) is 71.0 Å². The number of carbonyl (C=O) groups is 3. The normalized spacial score (nSPS) is 26.1. The monoisotopic (exact) mass is 379 g/mol. The Hall–Kier alpha value is -1.63. The molecule has 2 saturated carbocycles. The maximum absolute atomic E-state index is 12.5. The van der Waals surface area contributed by atoms with Crippen molar-refractivity contribution in [2.45, 2.75) is 64.5 Å². The van der Waals surface area contributed by atoms with Gasteiger partial charge in [0, 0.05) is 43.6 Å². The molecule has 0 aromatic carbocycles. The summed E-state index contributed by atoms with van der Waals surface area (Å²) in [6.07, 6.45) is 5.56. The number of carbonyl (C=O) groups excluding carboxylic acids is 2. The number of carboxylic acid groups (broad SMARTS) is 1. The zero-order valence-corrected chi connectivity index (χ0v) is 16.5. The van der Waals surface area contributed by atoms with Crippen LogP contribution in [0.1, 0.15) is 52.4 Å². The number of nitrogens with one attached hydrogen (secondary N) is 1. The molecule has 0 aromatic rings. The van der Waals surface area contributed by atoms with Crippen molar-refractivity contribution in [1.29, 1.82) is 0 Å². The Bertz CT molecular complexity index is 562. The summed E-state index contributed by atoms with van der Waals surface area (Å²) in [5.41, 5.74) is 0. The first-order valence-electron chi connectivity index (χ1n) is 10.4. The minimum absolute atomic E-state index is 0.00618. The maximum atomic E-state index is 12.5. The molecule has 3 fully saturated rings. The average Bonchev–Trinajstić information content (AvgIpc) is 3.40. The van der Waals surface area contributed by atoms with E-state index in [1.807, 2.05) is 18.7 Å². The summed E-state index contributed by atoms with van der Waals surface area (Å²) < 4.78 is 0. The molecule has 2 aliphatic carbocycles. The maximum Gasteiger partial charge on any atom is 0.317 e. The van der Waals surface area contributed by atoms with Gasteiger partial charge in [0.15, 0.2) is 0 Å². The SMILES string of the molecule is CC(C)C(=O)N1CCC(C(=O)NC2CC(N(CC(=O)O)CC3CC3)C2)CC1. The van der Waals surface area contributed by atoms with E-state index >= 15 is 0 Å². The summed E-state index contributed by atoms with van der Waals surface area (Å²) >= 11 is 0. The Balaban J connectivity index is 1.38. The highest BCUT2D eigenvalue weighted by molar-refractivity contribution is 5.81. The lowest BCUT2D eigenvalue weighted by Gasteiger charge is -2.43. The second-order valence-electron chi connectivity index (χ2n) is 8.85. The van der Waals surface area contributed by atoms with Gasteiger partial charge in [-0.15, -0.1) is 0 Å². The molecule has 3 rings (SSSR count). The number of nitrogens with zero attached hydrogens (tertiary/aromatic N) is 2. The number of hydrogen-bond donors (Lipinski definition) is 2. The third kappa shape index (κ3) is 5.43. The van der Waals surface area contributed by atoms with Crippen LogP contribution in [0.3, 0.4) is 0 Å². The number of hydrogen-bond acceptors (Lipinski definition) is 4. The van der Waals surface area contributed by atoms with E-state index in [2.05, 4.69) is 10.2 Å². The van der Waals surface area contributed by atoms with E-state index in [1.165, 1.54) is 12.8 Å². The van der Waals surface area contributed by atoms with Crippen LogP contribution in [-0.2, 0) is 14.4 Å². The number of piperidine rings is 1. The number of rotatable bonds is 8. The molecule has 3 aliphatic rings. The topological polar surface area (TPSA) is 90.0 Å². The molecule has 27 heavy (non-hydrogen) atoms. The number of amides is 2. The van der Waals surface area contributed by atoms with Crippen molar-refractivity contribution in [2.24, 2.45) is 17.8 Å². The lowest BCUT2D eigenvalue weighted by Crippen LogP contribution is -2.56. The fraction of sp³-hybridized carbons (Fsp3) is 0.850. The van der Waals surface area contributed by atoms with E-state index in [0.29, 0.717) is 19.0 Å². The molecule has 7 nitrogen and oxygen atoms in total. The van der Waals surface area contributed by atoms with E-state index in [0.717, 1.165) is 32.2 Å².